The number of carboxylic acids is 1. The molecule has 0 aliphatic carbocycles. The molecule has 1 atom stereocenters. The van der Waals surface area contributed by atoms with E-state index in [1.807, 2.05) is 0 Å². The topological polar surface area (TPSA) is 93.7 Å². The molecule has 1 aliphatic rings. The first-order valence-electron chi connectivity index (χ1n) is 6.77. The van der Waals surface area contributed by atoms with Gasteiger partial charge in [-0.25, -0.2) is 4.79 Å². The van der Waals surface area contributed by atoms with Crippen LogP contribution in [0.2, 0.25) is 0 Å². The van der Waals surface area contributed by atoms with E-state index >= 15 is 0 Å². The van der Waals surface area contributed by atoms with Gasteiger partial charge in [0.2, 0.25) is 0 Å². The van der Waals surface area contributed by atoms with Gasteiger partial charge in [-0.2, -0.15) is 0 Å². The molecule has 1 unspecified atom stereocenters. The van der Waals surface area contributed by atoms with Crippen LogP contribution in [0.4, 0.5) is 4.79 Å². The van der Waals surface area contributed by atoms with Crippen molar-refractivity contribution in [2.24, 2.45) is 5.92 Å². The Labute approximate surface area is 113 Å². The molecule has 0 aromatic rings. The number of nitrogens with one attached hydrogen (secondary N) is 3. The minimum Gasteiger partial charge on any atom is -0.481 e. The van der Waals surface area contributed by atoms with Crippen LogP contribution in [-0.2, 0) is 4.79 Å². The second kappa shape index (κ2) is 8.71. The fraction of sp³-hybridized carbons (Fsp3) is 0.833. The molecular weight excluding hydrogens is 248 g/mol. The third-order valence-electron chi connectivity index (χ3n) is 3.21. The minimum absolute atomic E-state index is 0.229. The summed E-state index contributed by atoms with van der Waals surface area (Å²) < 4.78 is 0. The van der Waals surface area contributed by atoms with E-state index in [9.17, 15) is 9.59 Å². The summed E-state index contributed by atoms with van der Waals surface area (Å²) in [5.74, 6) is -1.26. The van der Waals surface area contributed by atoms with Gasteiger partial charge < -0.3 is 21.1 Å². The molecule has 0 bridgehead atoms. The molecule has 7 nitrogen and oxygen atoms in total. The van der Waals surface area contributed by atoms with Crippen LogP contribution in [0.3, 0.4) is 0 Å². The smallest absolute Gasteiger partial charge is 0.314 e. The molecule has 0 spiro atoms. The number of carboxylic acid groups (broad SMARTS) is 1. The van der Waals surface area contributed by atoms with Crippen molar-refractivity contribution >= 4 is 12.0 Å². The number of carbonyl (C=O) groups excluding carboxylic acids is 1. The quantitative estimate of drug-likeness (QED) is 0.492. The maximum absolute atomic E-state index is 11.4. The third-order valence-corrected chi connectivity index (χ3v) is 3.21. The van der Waals surface area contributed by atoms with Crippen LogP contribution < -0.4 is 16.0 Å². The lowest BCUT2D eigenvalue weighted by Crippen LogP contribution is -2.47. The molecule has 1 rings (SSSR count). The van der Waals surface area contributed by atoms with E-state index in [1.165, 1.54) is 0 Å². The van der Waals surface area contributed by atoms with E-state index in [0.29, 0.717) is 19.5 Å². The molecule has 0 aromatic heterocycles. The molecule has 7 heteroatoms. The monoisotopic (exact) mass is 272 g/mol. The van der Waals surface area contributed by atoms with Gasteiger partial charge in [0.1, 0.15) is 0 Å². The summed E-state index contributed by atoms with van der Waals surface area (Å²) in [6, 6.07) is -0.229. The van der Waals surface area contributed by atoms with Crippen molar-refractivity contribution < 1.29 is 14.7 Å². The van der Waals surface area contributed by atoms with Gasteiger partial charge in [0, 0.05) is 45.8 Å². The molecule has 0 aromatic carbocycles. The zero-order valence-electron chi connectivity index (χ0n) is 11.4. The summed E-state index contributed by atoms with van der Waals surface area (Å²) >= 11 is 0. The van der Waals surface area contributed by atoms with Crippen LogP contribution in [0.25, 0.3) is 0 Å². The lowest BCUT2D eigenvalue weighted by molar-refractivity contribution is -0.141. The van der Waals surface area contributed by atoms with Gasteiger partial charge in [0.25, 0.3) is 0 Å². The van der Waals surface area contributed by atoms with Gasteiger partial charge in [-0.3, -0.25) is 9.69 Å². The van der Waals surface area contributed by atoms with E-state index in [2.05, 4.69) is 20.9 Å². The van der Waals surface area contributed by atoms with E-state index in [0.717, 1.165) is 32.7 Å². The zero-order valence-corrected chi connectivity index (χ0v) is 11.4. The Bertz CT molecular complexity index is 293. The number of rotatable bonds is 7. The Morgan fingerprint density at radius 1 is 1.26 bits per heavy atom. The average Bonchev–Trinajstić information content (AvgIpc) is 2.39. The van der Waals surface area contributed by atoms with Crippen molar-refractivity contribution in [3.8, 4) is 0 Å². The molecule has 1 fully saturated rings. The number of hydrogen-bond donors (Lipinski definition) is 4. The first kappa shape index (κ1) is 15.7. The van der Waals surface area contributed by atoms with Crippen LogP contribution in [0.15, 0.2) is 0 Å². The number of aliphatic carboxylic acids is 1. The largest absolute Gasteiger partial charge is 0.481 e. The van der Waals surface area contributed by atoms with Crippen LogP contribution in [0.1, 0.15) is 13.3 Å². The molecule has 2 amide bonds. The van der Waals surface area contributed by atoms with E-state index in [-0.39, 0.29) is 6.03 Å². The molecule has 110 valence electrons. The summed E-state index contributed by atoms with van der Waals surface area (Å²) in [6.45, 7) is 7.50. The highest BCUT2D eigenvalue weighted by Crippen LogP contribution is 1.99. The maximum Gasteiger partial charge on any atom is 0.314 e. The molecular formula is C12H24N4O3. The van der Waals surface area contributed by atoms with Gasteiger partial charge in [0.15, 0.2) is 0 Å². The van der Waals surface area contributed by atoms with Gasteiger partial charge in [-0.15, -0.1) is 0 Å². The normalized spacial score (nSPS) is 17.7. The number of piperazine rings is 1. The zero-order chi connectivity index (χ0) is 14.1. The van der Waals surface area contributed by atoms with Crippen LogP contribution >= 0.6 is 0 Å². The van der Waals surface area contributed by atoms with Crippen molar-refractivity contribution in [3.63, 3.8) is 0 Å². The van der Waals surface area contributed by atoms with Crippen molar-refractivity contribution in [2.45, 2.75) is 13.3 Å². The maximum atomic E-state index is 11.4. The summed E-state index contributed by atoms with van der Waals surface area (Å²) in [5, 5.41) is 17.4. The lowest BCUT2D eigenvalue weighted by atomic mass is 10.1. The van der Waals surface area contributed by atoms with Gasteiger partial charge in [0.05, 0.1) is 5.92 Å². The first-order valence-corrected chi connectivity index (χ1v) is 6.77. The van der Waals surface area contributed by atoms with Gasteiger partial charge in [-0.1, -0.05) is 6.92 Å². The lowest BCUT2D eigenvalue weighted by Gasteiger charge is -2.27. The van der Waals surface area contributed by atoms with Crippen LogP contribution in [0.5, 0.6) is 0 Å². The second-order valence-corrected chi connectivity index (χ2v) is 4.80. The average molecular weight is 272 g/mol. The fourth-order valence-electron chi connectivity index (χ4n) is 1.85. The predicted molar refractivity (Wildman–Crippen MR) is 72.1 cm³/mol. The highest BCUT2D eigenvalue weighted by molar-refractivity contribution is 5.74. The van der Waals surface area contributed by atoms with Crippen molar-refractivity contribution in [3.05, 3.63) is 0 Å². The number of hydrogen-bond acceptors (Lipinski definition) is 4. The predicted octanol–water partition coefficient (Wildman–Crippen LogP) is -0.698. The SMILES string of the molecule is CC(CCNC(=O)NCCN1CCNCC1)C(=O)O. The van der Waals surface area contributed by atoms with Gasteiger partial charge in [-0.05, 0) is 6.42 Å². The molecule has 0 radical (unpaired) electrons. The summed E-state index contributed by atoms with van der Waals surface area (Å²) in [4.78, 5) is 24.3. The molecule has 1 heterocycles. The standard InChI is InChI=1S/C12H24N4O3/c1-10(11(17)18)2-3-14-12(19)15-6-9-16-7-4-13-5-8-16/h10,13H,2-9H2,1H3,(H,17,18)(H2,14,15,19). The number of nitrogens with zero attached hydrogens (tertiary/aromatic N) is 1. The minimum atomic E-state index is -0.832. The molecule has 1 saturated heterocycles. The number of carbonyl (C=O) groups is 2. The van der Waals surface area contributed by atoms with Crippen molar-refractivity contribution in [1.82, 2.24) is 20.9 Å². The Hall–Kier alpha value is -1.34. The Balaban J connectivity index is 1.99. The third kappa shape index (κ3) is 6.97. The van der Waals surface area contributed by atoms with Crippen molar-refractivity contribution in [2.75, 3.05) is 45.8 Å². The van der Waals surface area contributed by atoms with E-state index in [1.54, 1.807) is 6.92 Å². The second-order valence-electron chi connectivity index (χ2n) is 4.80. The van der Waals surface area contributed by atoms with E-state index < -0.39 is 11.9 Å². The Morgan fingerprint density at radius 2 is 1.89 bits per heavy atom. The highest BCUT2D eigenvalue weighted by Gasteiger charge is 2.11. The van der Waals surface area contributed by atoms with Crippen LogP contribution in [0, 0.1) is 5.92 Å². The van der Waals surface area contributed by atoms with Gasteiger partial charge >= 0.3 is 12.0 Å². The van der Waals surface area contributed by atoms with Crippen LogP contribution in [-0.4, -0.2) is 67.8 Å². The first-order chi connectivity index (χ1) is 9.09. The summed E-state index contributed by atoms with van der Waals surface area (Å²) in [6.07, 6.45) is 0.445. The molecule has 19 heavy (non-hydrogen) atoms. The number of amides is 2. The van der Waals surface area contributed by atoms with E-state index in [4.69, 9.17) is 5.11 Å². The summed E-state index contributed by atoms with van der Waals surface area (Å²) in [7, 11) is 0. The molecule has 4 N–H and O–H groups in total. The fourth-order valence-corrected chi connectivity index (χ4v) is 1.85. The highest BCUT2D eigenvalue weighted by atomic mass is 16.4. The molecule has 0 saturated carbocycles. The summed E-state index contributed by atoms with van der Waals surface area (Å²) in [5.41, 5.74) is 0. The van der Waals surface area contributed by atoms with Crippen molar-refractivity contribution in [1.29, 1.82) is 0 Å². The number of urea groups is 1. The molecule has 1 aliphatic heterocycles. The Morgan fingerprint density at radius 3 is 2.53 bits per heavy atom. The Kier molecular flexibility index (Phi) is 7.20.